The zero-order valence-electron chi connectivity index (χ0n) is 12.9. The molecule has 3 aliphatic rings. The molecule has 3 rings (SSSR count). The maximum atomic E-state index is 12.4. The summed E-state index contributed by atoms with van der Waals surface area (Å²) in [5.74, 6) is -0.0679. The molecule has 0 radical (unpaired) electrons. The molecule has 1 saturated carbocycles. The Kier molecular flexibility index (Phi) is 3.64. The fraction of sp³-hybridized carbons (Fsp3) is 0.812. The minimum absolute atomic E-state index is 0.158. The van der Waals surface area contributed by atoms with E-state index in [-0.39, 0.29) is 5.91 Å². The third kappa shape index (κ3) is 2.31. The SMILES string of the molecule is C[C@@H]1CCC[C@H](C)N1C1=NC2(CCCC2)[C@H](C#N)C(=O)N1. The van der Waals surface area contributed by atoms with Gasteiger partial charge < -0.3 is 4.90 Å². The number of guanidine groups is 1. The van der Waals surface area contributed by atoms with E-state index in [0.717, 1.165) is 38.5 Å². The standard InChI is InChI=1S/C16H24N4O/c1-11-6-5-7-12(2)20(11)15-18-14(21)13(10-17)16(19-15)8-3-4-9-16/h11-13H,3-9H2,1-2H3,(H,18,19,21)/t11-,12+,13-/m1/s1. The normalized spacial score (nSPS) is 35.3. The Morgan fingerprint density at radius 1 is 1.24 bits per heavy atom. The van der Waals surface area contributed by atoms with Crippen molar-refractivity contribution in [1.82, 2.24) is 10.2 Å². The molecule has 2 aliphatic heterocycles. The van der Waals surface area contributed by atoms with Gasteiger partial charge in [0.1, 0.15) is 0 Å². The Labute approximate surface area is 126 Å². The molecular weight excluding hydrogens is 264 g/mol. The number of amides is 1. The summed E-state index contributed by atoms with van der Waals surface area (Å²) >= 11 is 0. The van der Waals surface area contributed by atoms with Crippen molar-refractivity contribution in [3.05, 3.63) is 0 Å². The molecule has 1 spiro atoms. The summed E-state index contributed by atoms with van der Waals surface area (Å²) in [6.07, 6.45) is 7.34. The highest BCUT2D eigenvalue weighted by Gasteiger charge is 2.49. The monoisotopic (exact) mass is 288 g/mol. The van der Waals surface area contributed by atoms with Gasteiger partial charge in [-0.15, -0.1) is 0 Å². The molecule has 0 unspecified atom stereocenters. The van der Waals surface area contributed by atoms with Crippen LogP contribution in [0, 0.1) is 17.2 Å². The molecular formula is C16H24N4O. The molecule has 1 amide bonds. The fourth-order valence-electron chi connectivity index (χ4n) is 4.26. The number of nitrogens with one attached hydrogen (secondary N) is 1. The molecule has 3 atom stereocenters. The number of nitrogens with zero attached hydrogens (tertiary/aromatic N) is 3. The van der Waals surface area contributed by atoms with Gasteiger partial charge in [0.25, 0.3) is 0 Å². The van der Waals surface area contributed by atoms with Crippen molar-refractivity contribution in [2.75, 3.05) is 0 Å². The molecule has 2 fully saturated rings. The number of aliphatic imine (C=N–C) groups is 1. The molecule has 114 valence electrons. The molecule has 1 N–H and O–H groups in total. The second-order valence-corrected chi connectivity index (χ2v) is 6.83. The number of piperidine rings is 1. The molecule has 2 heterocycles. The molecule has 21 heavy (non-hydrogen) atoms. The van der Waals surface area contributed by atoms with Crippen molar-refractivity contribution in [3.8, 4) is 6.07 Å². The van der Waals surface area contributed by atoms with Crippen LogP contribution >= 0.6 is 0 Å². The van der Waals surface area contributed by atoms with Crippen LogP contribution in [0.25, 0.3) is 0 Å². The second kappa shape index (κ2) is 5.32. The van der Waals surface area contributed by atoms with E-state index in [4.69, 9.17) is 4.99 Å². The van der Waals surface area contributed by atoms with Crippen LogP contribution in [0.2, 0.25) is 0 Å². The first-order valence-electron chi connectivity index (χ1n) is 8.16. The van der Waals surface area contributed by atoms with E-state index in [2.05, 4.69) is 30.1 Å². The largest absolute Gasteiger partial charge is 0.337 e. The molecule has 0 aromatic rings. The lowest BCUT2D eigenvalue weighted by Gasteiger charge is -2.44. The Bertz CT molecular complexity index is 491. The summed E-state index contributed by atoms with van der Waals surface area (Å²) in [5, 5.41) is 12.3. The Morgan fingerprint density at radius 3 is 2.43 bits per heavy atom. The predicted molar refractivity (Wildman–Crippen MR) is 80.5 cm³/mol. The Balaban J connectivity index is 1.97. The van der Waals surface area contributed by atoms with Crippen molar-refractivity contribution in [2.45, 2.75) is 76.4 Å². The maximum Gasteiger partial charge on any atom is 0.246 e. The van der Waals surface area contributed by atoms with Crippen molar-refractivity contribution in [1.29, 1.82) is 5.26 Å². The number of nitriles is 1. The van der Waals surface area contributed by atoms with Crippen LogP contribution in [0.15, 0.2) is 4.99 Å². The lowest BCUT2D eigenvalue weighted by Crippen LogP contribution is -2.60. The van der Waals surface area contributed by atoms with Crippen LogP contribution in [0.3, 0.4) is 0 Å². The predicted octanol–water partition coefficient (Wildman–Crippen LogP) is 2.19. The number of carbonyl (C=O) groups excluding carboxylic acids is 1. The fourth-order valence-corrected chi connectivity index (χ4v) is 4.26. The molecule has 1 aliphatic carbocycles. The number of likely N-dealkylation sites (tertiary alicyclic amines) is 1. The van der Waals surface area contributed by atoms with E-state index in [1.165, 1.54) is 6.42 Å². The first-order chi connectivity index (χ1) is 10.1. The van der Waals surface area contributed by atoms with Gasteiger partial charge in [-0.05, 0) is 46.0 Å². The minimum Gasteiger partial charge on any atom is -0.337 e. The highest BCUT2D eigenvalue weighted by molar-refractivity contribution is 6.02. The van der Waals surface area contributed by atoms with Crippen LogP contribution < -0.4 is 5.32 Å². The minimum atomic E-state index is -0.626. The summed E-state index contributed by atoms with van der Waals surface area (Å²) in [6.45, 7) is 4.39. The summed E-state index contributed by atoms with van der Waals surface area (Å²) < 4.78 is 0. The van der Waals surface area contributed by atoms with Gasteiger partial charge in [-0.1, -0.05) is 12.8 Å². The first-order valence-corrected chi connectivity index (χ1v) is 8.16. The quantitative estimate of drug-likeness (QED) is 0.743. The van der Waals surface area contributed by atoms with Crippen LogP contribution in [0.4, 0.5) is 0 Å². The van der Waals surface area contributed by atoms with Gasteiger partial charge in [-0.3, -0.25) is 10.1 Å². The van der Waals surface area contributed by atoms with Gasteiger partial charge in [0, 0.05) is 12.1 Å². The number of rotatable bonds is 0. The van der Waals surface area contributed by atoms with Gasteiger partial charge in [0.05, 0.1) is 11.6 Å². The van der Waals surface area contributed by atoms with Crippen molar-refractivity contribution < 1.29 is 4.79 Å². The van der Waals surface area contributed by atoms with Crippen molar-refractivity contribution >= 4 is 11.9 Å². The van der Waals surface area contributed by atoms with Crippen molar-refractivity contribution in [2.24, 2.45) is 10.9 Å². The third-order valence-corrected chi connectivity index (χ3v) is 5.40. The summed E-state index contributed by atoms with van der Waals surface area (Å²) in [7, 11) is 0. The smallest absolute Gasteiger partial charge is 0.246 e. The zero-order valence-corrected chi connectivity index (χ0v) is 12.9. The van der Waals surface area contributed by atoms with Crippen LogP contribution in [-0.4, -0.2) is 34.4 Å². The molecule has 5 heteroatoms. The molecule has 0 bridgehead atoms. The lowest BCUT2D eigenvalue weighted by molar-refractivity contribution is -0.124. The molecule has 1 saturated heterocycles. The zero-order chi connectivity index (χ0) is 15.0. The Morgan fingerprint density at radius 2 is 1.86 bits per heavy atom. The van der Waals surface area contributed by atoms with Crippen LogP contribution in [0.5, 0.6) is 0 Å². The van der Waals surface area contributed by atoms with E-state index in [1.54, 1.807) is 0 Å². The van der Waals surface area contributed by atoms with Crippen LogP contribution in [-0.2, 0) is 4.79 Å². The molecule has 0 aromatic heterocycles. The average molecular weight is 288 g/mol. The number of carbonyl (C=O) groups is 1. The number of hydrogen-bond acceptors (Lipinski definition) is 4. The van der Waals surface area contributed by atoms with Gasteiger partial charge in [-0.2, -0.15) is 5.26 Å². The summed E-state index contributed by atoms with van der Waals surface area (Å²) in [5.41, 5.74) is -0.469. The lowest BCUT2D eigenvalue weighted by atomic mass is 9.82. The highest BCUT2D eigenvalue weighted by atomic mass is 16.2. The van der Waals surface area contributed by atoms with Gasteiger partial charge in [0.2, 0.25) is 11.9 Å². The second-order valence-electron chi connectivity index (χ2n) is 6.83. The number of hydrogen-bond donors (Lipinski definition) is 1. The third-order valence-electron chi connectivity index (χ3n) is 5.40. The Hall–Kier alpha value is -1.57. The first kappa shape index (κ1) is 14.4. The highest BCUT2D eigenvalue weighted by Crippen LogP contribution is 2.41. The summed E-state index contributed by atoms with van der Waals surface area (Å²) in [4.78, 5) is 19.6. The van der Waals surface area contributed by atoms with E-state index in [1.807, 2.05) is 0 Å². The van der Waals surface area contributed by atoms with Gasteiger partial charge in [0.15, 0.2) is 5.92 Å². The topological polar surface area (TPSA) is 68.5 Å². The van der Waals surface area contributed by atoms with Gasteiger partial charge in [-0.25, -0.2) is 4.99 Å². The van der Waals surface area contributed by atoms with Gasteiger partial charge >= 0.3 is 0 Å². The van der Waals surface area contributed by atoms with E-state index >= 15 is 0 Å². The van der Waals surface area contributed by atoms with E-state index < -0.39 is 11.5 Å². The molecule has 5 nitrogen and oxygen atoms in total. The van der Waals surface area contributed by atoms with E-state index in [9.17, 15) is 10.1 Å². The summed E-state index contributed by atoms with van der Waals surface area (Å²) in [6, 6.07) is 2.98. The average Bonchev–Trinajstić information content (AvgIpc) is 2.87. The molecule has 0 aromatic carbocycles. The van der Waals surface area contributed by atoms with Crippen molar-refractivity contribution in [3.63, 3.8) is 0 Å². The van der Waals surface area contributed by atoms with E-state index in [0.29, 0.717) is 18.0 Å². The van der Waals surface area contributed by atoms with Crippen LogP contribution in [0.1, 0.15) is 58.8 Å². The maximum absolute atomic E-state index is 12.4.